The summed E-state index contributed by atoms with van der Waals surface area (Å²) in [5, 5.41) is 9.34. The van der Waals surface area contributed by atoms with Crippen molar-refractivity contribution in [3.05, 3.63) is 41.0 Å². The summed E-state index contributed by atoms with van der Waals surface area (Å²) in [4.78, 5) is 11.4. The molecule has 17 heavy (non-hydrogen) atoms. The number of carboxylic acids is 1. The van der Waals surface area contributed by atoms with Crippen LogP contribution >= 0.6 is 0 Å². The molecule has 0 heterocycles. The molecule has 2 nitrogen and oxygen atoms in total. The highest BCUT2D eigenvalue weighted by Gasteiger charge is 2.26. The molecule has 0 bridgehead atoms. The molecule has 1 aromatic carbocycles. The van der Waals surface area contributed by atoms with E-state index in [2.05, 4.69) is 19.9 Å². The molecule has 0 spiro atoms. The first kappa shape index (κ1) is 11.9. The van der Waals surface area contributed by atoms with Gasteiger partial charge in [0, 0.05) is 5.57 Å². The van der Waals surface area contributed by atoms with Crippen LogP contribution in [0, 0.1) is 11.8 Å². The second-order valence-electron chi connectivity index (χ2n) is 4.99. The number of rotatable bonds is 2. The summed E-state index contributed by atoms with van der Waals surface area (Å²) in [6.45, 7) is 4.19. The molecule has 0 amide bonds. The molecule has 1 atom stereocenters. The topological polar surface area (TPSA) is 37.3 Å². The summed E-state index contributed by atoms with van der Waals surface area (Å²) >= 11 is 0. The zero-order valence-electron chi connectivity index (χ0n) is 10.3. The minimum atomic E-state index is -0.777. The molecule has 1 N–H and O–H groups in total. The first-order chi connectivity index (χ1) is 8.09. The second kappa shape index (κ2) is 4.74. The first-order valence-electron chi connectivity index (χ1n) is 6.12. The molecule has 0 fully saturated rings. The largest absolute Gasteiger partial charge is 0.478 e. The van der Waals surface area contributed by atoms with Gasteiger partial charge >= 0.3 is 5.97 Å². The third-order valence-corrected chi connectivity index (χ3v) is 3.54. The number of fused-ring (bicyclic) bond motifs is 1. The van der Waals surface area contributed by atoms with E-state index in [4.69, 9.17) is 0 Å². The quantitative estimate of drug-likeness (QED) is 0.845. The lowest BCUT2D eigenvalue weighted by Gasteiger charge is -2.19. The number of carboxylic acid groups (broad SMARTS) is 1. The standard InChI is InChI=1S/C15H18O2/c1-10(2)13-8-7-11-5-3-4-6-12(11)9-14(13)15(16)17/h3-6,9-10,13H,7-8H2,1-2H3,(H,16,17). The molecule has 0 aromatic heterocycles. The van der Waals surface area contributed by atoms with E-state index in [1.54, 1.807) is 0 Å². The Labute approximate surface area is 102 Å². The summed E-state index contributed by atoms with van der Waals surface area (Å²) < 4.78 is 0. The maximum Gasteiger partial charge on any atom is 0.331 e. The Morgan fingerprint density at radius 3 is 2.71 bits per heavy atom. The van der Waals surface area contributed by atoms with Gasteiger partial charge in [0.2, 0.25) is 0 Å². The van der Waals surface area contributed by atoms with Crippen molar-refractivity contribution in [1.29, 1.82) is 0 Å². The number of hydrogen-bond acceptors (Lipinski definition) is 1. The normalized spacial score (nSPS) is 19.5. The monoisotopic (exact) mass is 230 g/mol. The minimum Gasteiger partial charge on any atom is -0.478 e. The molecule has 0 saturated carbocycles. The van der Waals surface area contributed by atoms with Gasteiger partial charge in [-0.1, -0.05) is 38.1 Å². The zero-order valence-corrected chi connectivity index (χ0v) is 10.3. The van der Waals surface area contributed by atoms with Gasteiger partial charge in [0.15, 0.2) is 0 Å². The summed E-state index contributed by atoms with van der Waals surface area (Å²) in [5.74, 6) is -0.257. The first-order valence-corrected chi connectivity index (χ1v) is 6.12. The number of aryl methyl sites for hydroxylation is 1. The van der Waals surface area contributed by atoms with Crippen LogP contribution in [0.15, 0.2) is 29.8 Å². The highest BCUT2D eigenvalue weighted by molar-refractivity contribution is 5.93. The van der Waals surface area contributed by atoms with Gasteiger partial charge in [-0.2, -0.15) is 0 Å². The van der Waals surface area contributed by atoms with Gasteiger partial charge in [0.05, 0.1) is 0 Å². The fraction of sp³-hybridized carbons (Fsp3) is 0.400. The fourth-order valence-corrected chi connectivity index (χ4v) is 2.56. The average molecular weight is 230 g/mol. The molecule has 0 radical (unpaired) electrons. The Morgan fingerprint density at radius 2 is 2.06 bits per heavy atom. The van der Waals surface area contributed by atoms with Crippen molar-refractivity contribution >= 4 is 12.0 Å². The third-order valence-electron chi connectivity index (χ3n) is 3.54. The van der Waals surface area contributed by atoms with E-state index in [1.807, 2.05) is 24.3 Å². The van der Waals surface area contributed by atoms with Crippen LogP contribution in [-0.2, 0) is 11.2 Å². The van der Waals surface area contributed by atoms with Crippen molar-refractivity contribution in [2.24, 2.45) is 11.8 Å². The van der Waals surface area contributed by atoms with E-state index in [1.165, 1.54) is 5.56 Å². The van der Waals surface area contributed by atoms with Gasteiger partial charge in [-0.25, -0.2) is 4.79 Å². The van der Waals surface area contributed by atoms with Crippen molar-refractivity contribution < 1.29 is 9.90 Å². The molecule has 1 aliphatic carbocycles. The van der Waals surface area contributed by atoms with Crippen molar-refractivity contribution in [3.63, 3.8) is 0 Å². The number of carbonyl (C=O) groups is 1. The van der Waals surface area contributed by atoms with Crippen LogP contribution in [0.25, 0.3) is 6.08 Å². The van der Waals surface area contributed by atoms with Crippen molar-refractivity contribution in [3.8, 4) is 0 Å². The van der Waals surface area contributed by atoms with E-state index < -0.39 is 5.97 Å². The minimum absolute atomic E-state index is 0.153. The van der Waals surface area contributed by atoms with Crippen LogP contribution in [0.3, 0.4) is 0 Å². The van der Waals surface area contributed by atoms with Gasteiger partial charge < -0.3 is 5.11 Å². The molecule has 2 rings (SSSR count). The van der Waals surface area contributed by atoms with Crippen LogP contribution in [0.2, 0.25) is 0 Å². The molecule has 2 heteroatoms. The van der Waals surface area contributed by atoms with E-state index in [0.29, 0.717) is 11.5 Å². The third kappa shape index (κ3) is 2.41. The molecule has 0 aliphatic heterocycles. The molecule has 90 valence electrons. The van der Waals surface area contributed by atoms with Gasteiger partial charge in [-0.3, -0.25) is 0 Å². The molecule has 1 unspecified atom stereocenters. The SMILES string of the molecule is CC(C)C1CCc2ccccc2C=C1C(=O)O. The molecular formula is C15H18O2. The summed E-state index contributed by atoms with van der Waals surface area (Å²) in [7, 11) is 0. The molecule has 1 aliphatic rings. The van der Waals surface area contributed by atoms with Crippen LogP contribution < -0.4 is 0 Å². The van der Waals surface area contributed by atoms with E-state index in [-0.39, 0.29) is 5.92 Å². The van der Waals surface area contributed by atoms with Crippen LogP contribution in [0.5, 0.6) is 0 Å². The lowest BCUT2D eigenvalue weighted by molar-refractivity contribution is -0.133. The maximum absolute atomic E-state index is 11.4. The highest BCUT2D eigenvalue weighted by atomic mass is 16.4. The predicted octanol–water partition coefficient (Wildman–Crippen LogP) is 3.37. The molecule has 0 saturated heterocycles. The number of benzene rings is 1. The molecular weight excluding hydrogens is 212 g/mol. The van der Waals surface area contributed by atoms with Crippen LogP contribution in [0.4, 0.5) is 0 Å². The summed E-state index contributed by atoms with van der Waals surface area (Å²) in [6, 6.07) is 8.07. The molecule has 1 aromatic rings. The predicted molar refractivity (Wildman–Crippen MR) is 68.7 cm³/mol. The van der Waals surface area contributed by atoms with Gasteiger partial charge in [0.25, 0.3) is 0 Å². The van der Waals surface area contributed by atoms with Gasteiger partial charge in [-0.15, -0.1) is 0 Å². The van der Waals surface area contributed by atoms with Crippen molar-refractivity contribution in [2.75, 3.05) is 0 Å². The lowest BCUT2D eigenvalue weighted by atomic mass is 9.85. The Hall–Kier alpha value is -1.57. The highest BCUT2D eigenvalue weighted by Crippen LogP contribution is 2.32. The van der Waals surface area contributed by atoms with Crippen molar-refractivity contribution in [1.82, 2.24) is 0 Å². The van der Waals surface area contributed by atoms with Gasteiger partial charge in [0.1, 0.15) is 0 Å². The second-order valence-corrected chi connectivity index (χ2v) is 4.99. The van der Waals surface area contributed by atoms with E-state index in [0.717, 1.165) is 18.4 Å². The van der Waals surface area contributed by atoms with Crippen LogP contribution in [0.1, 0.15) is 31.4 Å². The van der Waals surface area contributed by atoms with Gasteiger partial charge in [-0.05, 0) is 41.9 Å². The zero-order chi connectivity index (χ0) is 12.4. The average Bonchev–Trinajstić information content (AvgIpc) is 2.47. The Morgan fingerprint density at radius 1 is 1.35 bits per heavy atom. The van der Waals surface area contributed by atoms with E-state index in [9.17, 15) is 9.90 Å². The number of aliphatic carboxylic acids is 1. The number of hydrogen-bond donors (Lipinski definition) is 1. The summed E-state index contributed by atoms with van der Waals surface area (Å²) in [5.41, 5.74) is 2.88. The Balaban J connectivity index is 2.47. The Kier molecular flexibility index (Phi) is 3.32. The van der Waals surface area contributed by atoms with Crippen LogP contribution in [-0.4, -0.2) is 11.1 Å². The Bertz CT molecular complexity index is 458. The smallest absolute Gasteiger partial charge is 0.331 e. The fourth-order valence-electron chi connectivity index (χ4n) is 2.56. The lowest BCUT2D eigenvalue weighted by Crippen LogP contribution is -2.17. The summed E-state index contributed by atoms with van der Waals surface area (Å²) in [6.07, 6.45) is 3.74. The maximum atomic E-state index is 11.4. The van der Waals surface area contributed by atoms with Crippen molar-refractivity contribution in [2.45, 2.75) is 26.7 Å². The van der Waals surface area contributed by atoms with E-state index >= 15 is 0 Å².